The number of hydrogen-bond donors (Lipinski definition) is 3. The van der Waals surface area contributed by atoms with E-state index in [0.717, 1.165) is 25.9 Å². The SMILES string of the molecule is Nc1c(C(=O)O)ccnc1N1CCC(CCO)C1. The van der Waals surface area contributed by atoms with Gasteiger partial charge in [0, 0.05) is 25.9 Å². The predicted octanol–water partition coefficient (Wildman–Crippen LogP) is 0.571. The molecule has 18 heavy (non-hydrogen) atoms. The van der Waals surface area contributed by atoms with Gasteiger partial charge in [0.05, 0.1) is 11.3 Å². The molecule has 6 nitrogen and oxygen atoms in total. The summed E-state index contributed by atoms with van der Waals surface area (Å²) in [7, 11) is 0. The van der Waals surface area contributed by atoms with Crippen molar-refractivity contribution in [3.05, 3.63) is 17.8 Å². The van der Waals surface area contributed by atoms with Crippen molar-refractivity contribution in [2.24, 2.45) is 5.92 Å². The molecule has 1 aromatic rings. The van der Waals surface area contributed by atoms with Crippen molar-refractivity contribution in [1.29, 1.82) is 0 Å². The molecule has 1 aromatic heterocycles. The van der Waals surface area contributed by atoms with Crippen molar-refractivity contribution in [3.8, 4) is 0 Å². The average molecular weight is 251 g/mol. The summed E-state index contributed by atoms with van der Waals surface area (Å²) in [6.07, 6.45) is 3.20. The Morgan fingerprint density at radius 1 is 1.61 bits per heavy atom. The van der Waals surface area contributed by atoms with Crippen molar-refractivity contribution in [2.75, 3.05) is 30.3 Å². The van der Waals surface area contributed by atoms with Crippen molar-refractivity contribution in [1.82, 2.24) is 4.98 Å². The number of aliphatic hydroxyl groups is 1. The molecule has 0 aromatic carbocycles. The number of nitrogens with two attached hydrogens (primary N) is 1. The van der Waals surface area contributed by atoms with Crippen LogP contribution < -0.4 is 10.6 Å². The number of nitrogen functional groups attached to an aromatic ring is 1. The summed E-state index contributed by atoms with van der Waals surface area (Å²) >= 11 is 0. The third kappa shape index (κ3) is 2.38. The van der Waals surface area contributed by atoms with Gasteiger partial charge in [-0.3, -0.25) is 0 Å². The van der Waals surface area contributed by atoms with Crippen LogP contribution in [0, 0.1) is 5.92 Å². The zero-order valence-corrected chi connectivity index (χ0v) is 10.0. The number of carboxylic acids is 1. The number of rotatable bonds is 4. The molecule has 2 heterocycles. The molecule has 0 amide bonds. The van der Waals surface area contributed by atoms with Gasteiger partial charge in [-0.05, 0) is 24.8 Å². The van der Waals surface area contributed by atoms with Crippen LogP contribution in [0.1, 0.15) is 23.2 Å². The molecule has 0 saturated carbocycles. The first-order chi connectivity index (χ1) is 8.63. The fourth-order valence-corrected chi connectivity index (χ4v) is 2.34. The third-order valence-electron chi connectivity index (χ3n) is 3.32. The number of aromatic carboxylic acids is 1. The third-order valence-corrected chi connectivity index (χ3v) is 3.32. The molecule has 4 N–H and O–H groups in total. The highest BCUT2D eigenvalue weighted by Gasteiger charge is 2.25. The van der Waals surface area contributed by atoms with E-state index in [9.17, 15) is 4.79 Å². The maximum Gasteiger partial charge on any atom is 0.337 e. The molecule has 1 aliphatic heterocycles. The van der Waals surface area contributed by atoms with E-state index in [1.165, 1.54) is 12.3 Å². The largest absolute Gasteiger partial charge is 0.478 e. The van der Waals surface area contributed by atoms with Crippen molar-refractivity contribution < 1.29 is 15.0 Å². The lowest BCUT2D eigenvalue weighted by molar-refractivity contribution is 0.0698. The molecule has 0 spiro atoms. The van der Waals surface area contributed by atoms with Crippen molar-refractivity contribution in [3.63, 3.8) is 0 Å². The van der Waals surface area contributed by atoms with Crippen LogP contribution in [0.25, 0.3) is 0 Å². The standard InChI is InChI=1S/C12H17N3O3/c13-10-9(12(17)18)1-4-14-11(10)15-5-2-8(7-15)3-6-16/h1,4,8,16H,2-3,5-7,13H2,(H,17,18). The summed E-state index contributed by atoms with van der Waals surface area (Å²) in [6.45, 7) is 1.74. The molecular formula is C12H17N3O3. The smallest absolute Gasteiger partial charge is 0.337 e. The number of nitrogens with zero attached hydrogens (tertiary/aromatic N) is 2. The predicted molar refractivity (Wildman–Crippen MR) is 67.6 cm³/mol. The van der Waals surface area contributed by atoms with Gasteiger partial charge in [0.1, 0.15) is 0 Å². The minimum Gasteiger partial charge on any atom is -0.478 e. The fraction of sp³-hybridized carbons (Fsp3) is 0.500. The van der Waals surface area contributed by atoms with E-state index in [-0.39, 0.29) is 17.9 Å². The second kappa shape index (κ2) is 5.22. The van der Waals surface area contributed by atoms with Crippen LogP contribution in [0.3, 0.4) is 0 Å². The van der Waals surface area contributed by atoms with Crippen LogP contribution in [0.5, 0.6) is 0 Å². The first-order valence-electron chi connectivity index (χ1n) is 5.97. The molecule has 0 bridgehead atoms. The lowest BCUT2D eigenvalue weighted by atomic mass is 10.1. The van der Waals surface area contributed by atoms with E-state index < -0.39 is 5.97 Å². The number of anilines is 2. The first kappa shape index (κ1) is 12.6. The Morgan fingerprint density at radius 3 is 3.06 bits per heavy atom. The van der Waals surface area contributed by atoms with Gasteiger partial charge in [0.2, 0.25) is 0 Å². The maximum atomic E-state index is 11.0. The van der Waals surface area contributed by atoms with Crippen molar-refractivity contribution in [2.45, 2.75) is 12.8 Å². The number of aliphatic hydroxyl groups excluding tert-OH is 1. The Kier molecular flexibility index (Phi) is 3.66. The fourth-order valence-electron chi connectivity index (χ4n) is 2.34. The summed E-state index contributed by atoms with van der Waals surface area (Å²) in [5, 5.41) is 17.9. The van der Waals surface area contributed by atoms with Gasteiger partial charge < -0.3 is 20.8 Å². The van der Waals surface area contributed by atoms with Crippen LogP contribution in [0.15, 0.2) is 12.3 Å². The Hall–Kier alpha value is -1.82. The minimum absolute atomic E-state index is 0.0885. The summed E-state index contributed by atoms with van der Waals surface area (Å²) < 4.78 is 0. The molecular weight excluding hydrogens is 234 g/mol. The number of pyridine rings is 1. The normalized spacial score (nSPS) is 19.2. The van der Waals surface area contributed by atoms with Crippen LogP contribution in [-0.4, -0.2) is 40.9 Å². The number of carbonyl (C=O) groups is 1. The zero-order valence-electron chi connectivity index (χ0n) is 10.0. The first-order valence-corrected chi connectivity index (χ1v) is 5.97. The maximum absolute atomic E-state index is 11.0. The van der Waals surface area contributed by atoms with E-state index in [1.807, 2.05) is 4.90 Å². The van der Waals surface area contributed by atoms with E-state index >= 15 is 0 Å². The van der Waals surface area contributed by atoms with Gasteiger partial charge in [-0.25, -0.2) is 9.78 Å². The van der Waals surface area contributed by atoms with Crippen LogP contribution in [0.2, 0.25) is 0 Å². The van der Waals surface area contributed by atoms with Gasteiger partial charge in [0.15, 0.2) is 5.82 Å². The summed E-state index contributed by atoms with van der Waals surface area (Å²) in [5.74, 6) is -0.0812. The summed E-state index contributed by atoms with van der Waals surface area (Å²) in [6, 6.07) is 1.41. The second-order valence-electron chi connectivity index (χ2n) is 4.51. The molecule has 2 rings (SSSR count). The molecule has 0 radical (unpaired) electrons. The van der Waals surface area contributed by atoms with Crippen LogP contribution in [-0.2, 0) is 0 Å². The van der Waals surface area contributed by atoms with E-state index in [2.05, 4.69) is 4.98 Å². The summed E-state index contributed by atoms with van der Waals surface area (Å²) in [4.78, 5) is 17.2. The molecule has 1 fully saturated rings. The van der Waals surface area contributed by atoms with Gasteiger partial charge >= 0.3 is 5.97 Å². The lowest BCUT2D eigenvalue weighted by Gasteiger charge is -2.19. The van der Waals surface area contributed by atoms with Gasteiger partial charge in [-0.15, -0.1) is 0 Å². The Balaban J connectivity index is 2.19. The molecule has 0 aliphatic carbocycles. The monoisotopic (exact) mass is 251 g/mol. The highest BCUT2D eigenvalue weighted by molar-refractivity contribution is 5.96. The molecule has 1 aliphatic rings. The van der Waals surface area contributed by atoms with Crippen LogP contribution >= 0.6 is 0 Å². The lowest BCUT2D eigenvalue weighted by Crippen LogP contribution is -2.23. The Bertz CT molecular complexity index is 450. The van der Waals surface area contributed by atoms with E-state index in [0.29, 0.717) is 11.7 Å². The Labute approximate surface area is 105 Å². The molecule has 1 saturated heterocycles. The molecule has 1 unspecified atom stereocenters. The highest BCUT2D eigenvalue weighted by Crippen LogP contribution is 2.29. The zero-order chi connectivity index (χ0) is 13.1. The quantitative estimate of drug-likeness (QED) is 0.723. The average Bonchev–Trinajstić information content (AvgIpc) is 2.78. The molecule has 98 valence electrons. The summed E-state index contributed by atoms with van der Waals surface area (Å²) in [5.41, 5.74) is 6.15. The highest BCUT2D eigenvalue weighted by atomic mass is 16.4. The number of carboxylic acid groups (broad SMARTS) is 1. The minimum atomic E-state index is -1.04. The second-order valence-corrected chi connectivity index (χ2v) is 4.51. The van der Waals surface area contributed by atoms with Gasteiger partial charge in [-0.1, -0.05) is 0 Å². The molecule has 1 atom stereocenters. The molecule has 6 heteroatoms. The number of aromatic nitrogens is 1. The number of hydrogen-bond acceptors (Lipinski definition) is 5. The van der Waals surface area contributed by atoms with E-state index in [1.54, 1.807) is 0 Å². The Morgan fingerprint density at radius 2 is 2.39 bits per heavy atom. The van der Waals surface area contributed by atoms with Gasteiger partial charge in [0.25, 0.3) is 0 Å². The van der Waals surface area contributed by atoms with Gasteiger partial charge in [-0.2, -0.15) is 0 Å². The van der Waals surface area contributed by atoms with Crippen molar-refractivity contribution >= 4 is 17.5 Å². The topological polar surface area (TPSA) is 99.7 Å². The van der Waals surface area contributed by atoms with E-state index in [4.69, 9.17) is 15.9 Å². The van der Waals surface area contributed by atoms with Crippen LogP contribution in [0.4, 0.5) is 11.5 Å².